The van der Waals surface area contributed by atoms with Gasteiger partial charge in [0.05, 0.1) is 34.3 Å². The maximum Gasteiger partial charge on any atom is 0.341 e. The van der Waals surface area contributed by atoms with E-state index in [0.29, 0.717) is 27.5 Å². The van der Waals surface area contributed by atoms with E-state index in [9.17, 15) is 9.59 Å². The molecule has 0 amide bonds. The summed E-state index contributed by atoms with van der Waals surface area (Å²) in [7, 11) is 0. The first kappa shape index (κ1) is 18.9. The third kappa shape index (κ3) is 2.74. The molecule has 0 aliphatic rings. The minimum absolute atomic E-state index is 0.121. The van der Waals surface area contributed by atoms with Gasteiger partial charge >= 0.3 is 5.97 Å². The van der Waals surface area contributed by atoms with Crippen LogP contribution < -0.4 is 5.56 Å². The second-order valence-electron chi connectivity index (χ2n) is 6.92. The van der Waals surface area contributed by atoms with Gasteiger partial charge in [0.25, 0.3) is 5.56 Å². The van der Waals surface area contributed by atoms with Gasteiger partial charge in [0, 0.05) is 14.5 Å². The van der Waals surface area contributed by atoms with Gasteiger partial charge in [0.2, 0.25) is 0 Å². The highest BCUT2D eigenvalue weighted by Crippen LogP contribution is 2.33. The second kappa shape index (κ2) is 7.28. The van der Waals surface area contributed by atoms with Crippen LogP contribution in [0.3, 0.4) is 0 Å². The van der Waals surface area contributed by atoms with E-state index in [2.05, 4.69) is 22.6 Å². The quantitative estimate of drug-likeness (QED) is 0.250. The van der Waals surface area contributed by atoms with Crippen molar-refractivity contribution in [3.8, 4) is 11.3 Å². The van der Waals surface area contributed by atoms with Crippen LogP contribution in [0.5, 0.6) is 0 Å². The van der Waals surface area contributed by atoms with Crippen molar-refractivity contribution in [2.75, 3.05) is 6.61 Å². The Morgan fingerprint density at radius 1 is 0.900 bits per heavy atom. The van der Waals surface area contributed by atoms with Crippen molar-refractivity contribution in [1.82, 2.24) is 9.03 Å². The number of benzene rings is 3. The highest BCUT2D eigenvalue weighted by Gasteiger charge is 2.25. The van der Waals surface area contributed by atoms with Crippen LogP contribution in [0.2, 0.25) is 0 Å². The van der Waals surface area contributed by atoms with E-state index in [1.165, 1.54) is 0 Å². The third-order valence-corrected chi connectivity index (χ3v) is 5.86. The Morgan fingerprint density at radius 3 is 2.37 bits per heavy atom. The van der Waals surface area contributed by atoms with Crippen LogP contribution in [0.1, 0.15) is 17.3 Å². The Labute approximate surface area is 185 Å². The molecule has 5 nitrogen and oxygen atoms in total. The van der Waals surface area contributed by atoms with E-state index in [1.54, 1.807) is 11.4 Å². The smallest absolute Gasteiger partial charge is 0.341 e. The molecule has 0 unspecified atom stereocenters. The first-order valence-electron chi connectivity index (χ1n) is 9.62. The summed E-state index contributed by atoms with van der Waals surface area (Å²) in [5.74, 6) is -0.406. The van der Waals surface area contributed by atoms with Gasteiger partial charge in [-0.15, -0.1) is 0 Å². The Hall–Kier alpha value is -3.13. The summed E-state index contributed by atoms with van der Waals surface area (Å²) in [6, 6.07) is 22.9. The molecule has 6 heteroatoms. The number of rotatable bonds is 3. The predicted octanol–water partition coefficient (Wildman–Crippen LogP) is 5.15. The summed E-state index contributed by atoms with van der Waals surface area (Å²) >= 11 is 2.22. The molecule has 5 aromatic rings. The van der Waals surface area contributed by atoms with Crippen molar-refractivity contribution < 1.29 is 9.53 Å². The van der Waals surface area contributed by atoms with E-state index in [0.717, 1.165) is 14.7 Å². The van der Waals surface area contributed by atoms with Crippen LogP contribution in [-0.4, -0.2) is 21.6 Å². The van der Waals surface area contributed by atoms with Crippen molar-refractivity contribution in [3.63, 3.8) is 0 Å². The number of carbonyl (C=O) groups is 1. The third-order valence-electron chi connectivity index (χ3n) is 5.19. The molecular weight excluding hydrogens is 491 g/mol. The number of nitrogens with zero attached hydrogens (tertiary/aromatic N) is 2. The van der Waals surface area contributed by atoms with E-state index in [4.69, 9.17) is 4.74 Å². The molecule has 2 heterocycles. The fourth-order valence-corrected chi connectivity index (χ4v) is 4.48. The van der Waals surface area contributed by atoms with Gasteiger partial charge in [-0.1, -0.05) is 42.5 Å². The normalized spacial score (nSPS) is 11.4. The minimum atomic E-state index is -0.406. The molecule has 3 aromatic carbocycles. The SMILES string of the molecule is CCOC(=O)c1c(-c2ccccc2)n2c3ccccc3c(=O)n2c2ccc(I)cc12. The van der Waals surface area contributed by atoms with Crippen LogP contribution in [0.15, 0.2) is 77.6 Å². The zero-order chi connectivity index (χ0) is 20.8. The number of fused-ring (bicyclic) bond motifs is 5. The van der Waals surface area contributed by atoms with Gasteiger partial charge in [-0.05, 0) is 59.8 Å². The number of esters is 1. The highest BCUT2D eigenvalue weighted by atomic mass is 127. The summed E-state index contributed by atoms with van der Waals surface area (Å²) < 4.78 is 9.93. The Kier molecular flexibility index (Phi) is 4.58. The van der Waals surface area contributed by atoms with Gasteiger partial charge in [-0.25, -0.2) is 13.8 Å². The summed E-state index contributed by atoms with van der Waals surface area (Å²) in [6.07, 6.45) is 0. The van der Waals surface area contributed by atoms with E-state index < -0.39 is 5.97 Å². The van der Waals surface area contributed by atoms with Gasteiger partial charge < -0.3 is 4.74 Å². The van der Waals surface area contributed by atoms with Gasteiger partial charge in [-0.3, -0.25) is 4.79 Å². The number of para-hydroxylation sites is 1. The molecule has 0 bridgehead atoms. The van der Waals surface area contributed by atoms with Crippen LogP contribution in [-0.2, 0) is 4.74 Å². The van der Waals surface area contributed by atoms with E-state index in [1.807, 2.05) is 77.3 Å². The summed E-state index contributed by atoms with van der Waals surface area (Å²) in [6.45, 7) is 2.06. The summed E-state index contributed by atoms with van der Waals surface area (Å²) in [5.41, 5.74) is 3.22. The van der Waals surface area contributed by atoms with Crippen molar-refractivity contribution in [1.29, 1.82) is 0 Å². The second-order valence-corrected chi connectivity index (χ2v) is 8.16. The molecule has 0 fully saturated rings. The van der Waals surface area contributed by atoms with Crippen molar-refractivity contribution in [3.05, 3.63) is 92.3 Å². The number of hydrogen-bond acceptors (Lipinski definition) is 3. The van der Waals surface area contributed by atoms with Gasteiger partial charge in [-0.2, -0.15) is 0 Å². The fourth-order valence-electron chi connectivity index (χ4n) is 3.99. The molecule has 0 atom stereocenters. The monoisotopic (exact) mass is 508 g/mol. The molecule has 0 aliphatic heterocycles. The molecule has 30 heavy (non-hydrogen) atoms. The first-order chi connectivity index (χ1) is 14.6. The molecule has 0 saturated carbocycles. The molecule has 5 rings (SSSR count). The van der Waals surface area contributed by atoms with Crippen LogP contribution >= 0.6 is 22.6 Å². The lowest BCUT2D eigenvalue weighted by molar-refractivity contribution is 0.0529. The lowest BCUT2D eigenvalue weighted by Crippen LogP contribution is -2.18. The lowest BCUT2D eigenvalue weighted by atomic mass is 10.0. The largest absolute Gasteiger partial charge is 0.462 e. The molecule has 0 saturated heterocycles. The zero-order valence-corrected chi connectivity index (χ0v) is 18.3. The van der Waals surface area contributed by atoms with Crippen LogP contribution in [0.25, 0.3) is 33.1 Å². The van der Waals surface area contributed by atoms with E-state index in [-0.39, 0.29) is 12.2 Å². The Bertz CT molecular complexity index is 1500. The topological polar surface area (TPSA) is 52.2 Å². The number of hydrogen-bond donors (Lipinski definition) is 0. The zero-order valence-electron chi connectivity index (χ0n) is 16.1. The number of ether oxygens (including phenoxy) is 1. The van der Waals surface area contributed by atoms with Gasteiger partial charge in [0.15, 0.2) is 0 Å². The maximum absolute atomic E-state index is 13.4. The number of carbonyl (C=O) groups excluding carboxylic acids is 1. The van der Waals surface area contributed by atoms with Crippen LogP contribution in [0.4, 0.5) is 0 Å². The molecule has 0 aliphatic carbocycles. The maximum atomic E-state index is 13.4. The first-order valence-corrected chi connectivity index (χ1v) is 10.7. The van der Waals surface area contributed by atoms with Crippen molar-refractivity contribution in [2.45, 2.75) is 6.92 Å². The molecular formula is C24H17IN2O3. The number of halogens is 1. The Morgan fingerprint density at radius 2 is 1.60 bits per heavy atom. The molecule has 0 radical (unpaired) electrons. The minimum Gasteiger partial charge on any atom is -0.462 e. The molecule has 2 aromatic heterocycles. The molecule has 148 valence electrons. The standard InChI is InChI=1S/C24H17IN2O3/c1-2-30-24(29)21-18-14-16(25)12-13-20(18)27-23(28)17-10-6-7-11-19(17)26(27)22(21)15-8-4-3-5-9-15/h3-14H,2H2,1H3. The van der Waals surface area contributed by atoms with Gasteiger partial charge in [0.1, 0.15) is 0 Å². The Balaban J connectivity index is 2.14. The predicted molar refractivity (Wildman–Crippen MR) is 126 cm³/mol. The van der Waals surface area contributed by atoms with Crippen molar-refractivity contribution >= 4 is 50.4 Å². The summed E-state index contributed by atoms with van der Waals surface area (Å²) in [5, 5.41) is 1.29. The van der Waals surface area contributed by atoms with Crippen molar-refractivity contribution in [2.24, 2.45) is 0 Å². The highest BCUT2D eigenvalue weighted by molar-refractivity contribution is 14.1. The average molecular weight is 508 g/mol. The number of aromatic nitrogens is 2. The molecule has 0 N–H and O–H groups in total. The van der Waals surface area contributed by atoms with Crippen LogP contribution in [0, 0.1) is 3.57 Å². The molecule has 0 spiro atoms. The summed E-state index contributed by atoms with van der Waals surface area (Å²) in [4.78, 5) is 26.6. The lowest BCUT2D eigenvalue weighted by Gasteiger charge is -2.17. The van der Waals surface area contributed by atoms with E-state index >= 15 is 0 Å². The average Bonchev–Trinajstić information content (AvgIpc) is 3.06. The fraction of sp³-hybridized carbons (Fsp3) is 0.0833.